The van der Waals surface area contributed by atoms with Gasteiger partial charge in [0.05, 0.1) is 6.07 Å². The van der Waals surface area contributed by atoms with Crippen molar-refractivity contribution in [2.45, 2.75) is 6.92 Å². The zero-order valence-electron chi connectivity index (χ0n) is 9.55. The number of hydrogen-bond donors (Lipinski definition) is 1. The van der Waals surface area contributed by atoms with E-state index in [4.69, 9.17) is 13.3 Å². The minimum Gasteiger partial charge on any atom is -0.507 e. The Hall–Kier alpha value is -2.83. The predicted octanol–water partition coefficient (Wildman–Crippen LogP) is 0.867. The number of fused-ring (bicyclic) bond motifs is 3. The van der Waals surface area contributed by atoms with Crippen LogP contribution < -0.4 is 16.9 Å². The summed E-state index contributed by atoms with van der Waals surface area (Å²) in [6, 6.07) is 2.04. The molecule has 96 valence electrons. The van der Waals surface area contributed by atoms with Crippen LogP contribution in [0.25, 0.3) is 21.9 Å². The van der Waals surface area contributed by atoms with Crippen molar-refractivity contribution in [3.05, 3.63) is 49.2 Å². The van der Waals surface area contributed by atoms with Crippen LogP contribution in [0.1, 0.15) is 5.76 Å². The lowest BCUT2D eigenvalue weighted by Gasteiger charge is -2.01. The first-order valence-corrected chi connectivity index (χ1v) is 5.22. The summed E-state index contributed by atoms with van der Waals surface area (Å²) >= 11 is 0. The van der Waals surface area contributed by atoms with Crippen LogP contribution in [0.2, 0.25) is 0 Å². The Kier molecular flexibility index (Phi) is 2.12. The van der Waals surface area contributed by atoms with Crippen molar-refractivity contribution < 1.29 is 18.4 Å². The Labute approximate surface area is 103 Å². The lowest BCUT2D eigenvalue weighted by Crippen LogP contribution is -2.09. The maximum Gasteiger partial charge on any atom is 0.351 e. The van der Waals surface area contributed by atoms with Crippen molar-refractivity contribution in [1.82, 2.24) is 0 Å². The van der Waals surface area contributed by atoms with Crippen molar-refractivity contribution in [2.24, 2.45) is 0 Å². The number of hydrogen-bond acceptors (Lipinski definition) is 7. The molecule has 3 aromatic rings. The molecule has 3 aromatic heterocycles. The molecule has 19 heavy (non-hydrogen) atoms. The minimum absolute atomic E-state index is 0.0694. The topological polar surface area (TPSA) is 111 Å². The molecule has 0 aliphatic rings. The summed E-state index contributed by atoms with van der Waals surface area (Å²) in [5.41, 5.74) is -3.03. The SMILES string of the molecule is Cc1cc2oc(=O)c3c(O)cc(=O)oc3c2c(=O)o1. The van der Waals surface area contributed by atoms with Gasteiger partial charge in [-0.25, -0.2) is 14.4 Å². The molecule has 0 amide bonds. The molecule has 0 spiro atoms. The van der Waals surface area contributed by atoms with Crippen LogP contribution in [0.5, 0.6) is 5.75 Å². The molecule has 0 aliphatic carbocycles. The second-order valence-electron chi connectivity index (χ2n) is 3.93. The molecule has 0 atom stereocenters. The predicted molar refractivity (Wildman–Crippen MR) is 63.5 cm³/mol. The van der Waals surface area contributed by atoms with Crippen LogP contribution in [0.4, 0.5) is 0 Å². The van der Waals surface area contributed by atoms with Crippen LogP contribution in [-0.4, -0.2) is 5.11 Å². The van der Waals surface area contributed by atoms with Gasteiger partial charge in [0.15, 0.2) is 11.2 Å². The summed E-state index contributed by atoms with van der Waals surface area (Å²) in [7, 11) is 0. The van der Waals surface area contributed by atoms with Crippen LogP contribution in [-0.2, 0) is 0 Å². The Morgan fingerprint density at radius 3 is 2.37 bits per heavy atom. The maximum atomic E-state index is 11.8. The van der Waals surface area contributed by atoms with Crippen LogP contribution >= 0.6 is 0 Å². The van der Waals surface area contributed by atoms with Crippen molar-refractivity contribution >= 4 is 21.9 Å². The minimum atomic E-state index is -0.909. The van der Waals surface area contributed by atoms with Crippen molar-refractivity contribution in [2.75, 3.05) is 0 Å². The van der Waals surface area contributed by atoms with Crippen molar-refractivity contribution in [3.8, 4) is 5.75 Å². The Morgan fingerprint density at radius 1 is 0.947 bits per heavy atom. The van der Waals surface area contributed by atoms with Gasteiger partial charge in [0.25, 0.3) is 0 Å². The molecular weight excluding hydrogens is 256 g/mol. The fourth-order valence-corrected chi connectivity index (χ4v) is 1.87. The smallest absolute Gasteiger partial charge is 0.351 e. The first kappa shape index (κ1) is 11.3. The van der Waals surface area contributed by atoms with Gasteiger partial charge in [-0.1, -0.05) is 0 Å². The van der Waals surface area contributed by atoms with Crippen molar-refractivity contribution in [1.29, 1.82) is 0 Å². The summed E-state index contributed by atoms with van der Waals surface area (Å²) < 4.78 is 14.6. The standard InChI is InChI=1S/C12H6O7/c1-4-2-6-9(12(16)17-4)10-8(11(15)18-6)5(13)3-7(14)19-10/h2-3,13H,1H3. The molecule has 0 radical (unpaired) electrons. The van der Waals surface area contributed by atoms with E-state index in [1.54, 1.807) is 0 Å². The highest BCUT2D eigenvalue weighted by molar-refractivity contribution is 6.01. The van der Waals surface area contributed by atoms with Gasteiger partial charge < -0.3 is 18.4 Å². The first-order chi connectivity index (χ1) is 8.97. The third kappa shape index (κ3) is 1.55. The summed E-state index contributed by atoms with van der Waals surface area (Å²) in [5, 5.41) is 9.01. The molecule has 0 bridgehead atoms. The lowest BCUT2D eigenvalue weighted by atomic mass is 10.2. The zero-order valence-corrected chi connectivity index (χ0v) is 9.55. The van der Waals surface area contributed by atoms with E-state index >= 15 is 0 Å². The highest BCUT2D eigenvalue weighted by atomic mass is 16.4. The highest BCUT2D eigenvalue weighted by Gasteiger charge is 2.18. The summed E-state index contributed by atoms with van der Waals surface area (Å²) in [6.07, 6.45) is 0. The van der Waals surface area contributed by atoms with Gasteiger partial charge in [-0.2, -0.15) is 0 Å². The molecule has 0 aromatic carbocycles. The number of aryl methyl sites for hydroxylation is 1. The van der Waals surface area contributed by atoms with Crippen LogP contribution in [0, 0.1) is 6.92 Å². The first-order valence-electron chi connectivity index (χ1n) is 5.22. The summed E-state index contributed by atoms with van der Waals surface area (Å²) in [6.45, 7) is 1.50. The largest absolute Gasteiger partial charge is 0.507 e. The average molecular weight is 262 g/mol. The highest BCUT2D eigenvalue weighted by Crippen LogP contribution is 2.24. The molecule has 0 saturated carbocycles. The van der Waals surface area contributed by atoms with E-state index in [9.17, 15) is 19.5 Å². The fourth-order valence-electron chi connectivity index (χ4n) is 1.87. The van der Waals surface area contributed by atoms with Gasteiger partial charge in [-0.15, -0.1) is 0 Å². The molecule has 3 rings (SSSR count). The summed E-state index contributed by atoms with van der Waals surface area (Å²) in [5.74, 6) is -0.371. The zero-order chi connectivity index (χ0) is 13.7. The van der Waals surface area contributed by atoms with Gasteiger partial charge in [-0.3, -0.25) is 0 Å². The molecule has 1 N–H and O–H groups in total. The van der Waals surface area contributed by atoms with E-state index in [0.717, 1.165) is 6.07 Å². The number of rotatable bonds is 0. The van der Waals surface area contributed by atoms with E-state index in [1.165, 1.54) is 13.0 Å². The quantitative estimate of drug-likeness (QED) is 0.598. The van der Waals surface area contributed by atoms with Gasteiger partial charge in [0, 0.05) is 6.07 Å². The maximum absolute atomic E-state index is 11.8. The van der Waals surface area contributed by atoms with Crippen LogP contribution in [0.15, 0.2) is 39.8 Å². The third-order valence-electron chi connectivity index (χ3n) is 2.61. The molecule has 0 fully saturated rings. The second kappa shape index (κ2) is 3.58. The van der Waals surface area contributed by atoms with E-state index in [1.807, 2.05) is 0 Å². The molecule has 7 heteroatoms. The van der Waals surface area contributed by atoms with Crippen LogP contribution in [0.3, 0.4) is 0 Å². The summed E-state index contributed by atoms with van der Waals surface area (Å²) in [4.78, 5) is 34.7. The van der Waals surface area contributed by atoms with E-state index in [2.05, 4.69) is 0 Å². The van der Waals surface area contributed by atoms with E-state index in [0.29, 0.717) is 0 Å². The Balaban J connectivity index is 2.79. The second-order valence-corrected chi connectivity index (χ2v) is 3.93. The average Bonchev–Trinajstić information content (AvgIpc) is 2.25. The molecule has 0 saturated heterocycles. The molecular formula is C12H6O7. The lowest BCUT2D eigenvalue weighted by molar-refractivity contribution is 0.458. The third-order valence-corrected chi connectivity index (χ3v) is 2.61. The van der Waals surface area contributed by atoms with Gasteiger partial charge in [0.2, 0.25) is 0 Å². The van der Waals surface area contributed by atoms with Gasteiger partial charge in [0.1, 0.15) is 22.3 Å². The van der Waals surface area contributed by atoms with Gasteiger partial charge >= 0.3 is 16.9 Å². The normalized spacial score (nSPS) is 11.2. The van der Waals surface area contributed by atoms with Gasteiger partial charge in [-0.05, 0) is 6.92 Å². The molecule has 0 aliphatic heterocycles. The number of aromatic hydroxyl groups is 1. The Bertz CT molecular complexity index is 985. The van der Waals surface area contributed by atoms with E-state index in [-0.39, 0.29) is 27.7 Å². The monoisotopic (exact) mass is 262 g/mol. The molecule has 0 unspecified atom stereocenters. The molecule has 7 nitrogen and oxygen atoms in total. The van der Waals surface area contributed by atoms with E-state index < -0.39 is 22.6 Å². The Morgan fingerprint density at radius 2 is 1.63 bits per heavy atom. The van der Waals surface area contributed by atoms with Crippen molar-refractivity contribution in [3.63, 3.8) is 0 Å². The molecule has 3 heterocycles. The fraction of sp³-hybridized carbons (Fsp3) is 0.0833.